The Balaban J connectivity index is 0.000000176. The molecule has 0 atom stereocenters. The van der Waals surface area contributed by atoms with E-state index >= 15 is 0 Å². The first-order chi connectivity index (χ1) is 29.5. The summed E-state index contributed by atoms with van der Waals surface area (Å²) in [7, 11) is 0. The fourth-order valence-corrected chi connectivity index (χ4v) is 9.57. The molecule has 7 aromatic carbocycles. The zero-order valence-corrected chi connectivity index (χ0v) is 37.4. The van der Waals surface area contributed by atoms with E-state index in [2.05, 4.69) is 142 Å². The Morgan fingerprint density at radius 2 is 1.25 bits per heavy atom. The number of fused-ring (bicyclic) bond motifs is 4. The van der Waals surface area contributed by atoms with Gasteiger partial charge in [0.15, 0.2) is 0 Å². The van der Waals surface area contributed by atoms with E-state index in [9.17, 15) is 0 Å². The quantitative estimate of drug-likeness (QED) is 0.123. The van der Waals surface area contributed by atoms with Gasteiger partial charge in [0.1, 0.15) is 5.58 Å². The van der Waals surface area contributed by atoms with Crippen molar-refractivity contribution in [1.82, 2.24) is 9.97 Å². The van der Waals surface area contributed by atoms with Gasteiger partial charge in [0.2, 0.25) is 0 Å². The molecule has 0 fully saturated rings. The molecule has 5 heteroatoms. The van der Waals surface area contributed by atoms with E-state index in [4.69, 9.17) is 8.53 Å². The van der Waals surface area contributed by atoms with Crippen LogP contribution >= 0.6 is 0 Å². The number of nitrogens with zero attached hydrogens (tertiary/aromatic N) is 2. The molecule has 0 saturated carbocycles. The maximum atomic E-state index is 7.84. The first kappa shape index (κ1) is 36.2. The monoisotopic (exact) mass is 1000 g/mol. The van der Waals surface area contributed by atoms with Crippen LogP contribution in [0.4, 0.5) is 0 Å². The van der Waals surface area contributed by atoms with Gasteiger partial charge >= 0.3 is 146 Å². The van der Waals surface area contributed by atoms with Crippen LogP contribution in [0, 0.1) is 19.0 Å². The van der Waals surface area contributed by atoms with Crippen molar-refractivity contribution in [2.75, 3.05) is 0 Å². The second kappa shape index (κ2) is 17.1. The minimum atomic E-state index is -2.18. The summed E-state index contributed by atoms with van der Waals surface area (Å²) in [6.45, 7) is -2.18. The molecule has 0 amide bonds. The third-order valence-electron chi connectivity index (χ3n) is 10.6. The Bertz CT molecular complexity index is 3160. The Morgan fingerprint density at radius 3 is 2.02 bits per heavy atom. The topological polar surface area (TPSA) is 38.9 Å². The van der Waals surface area contributed by atoms with Gasteiger partial charge in [-0.2, -0.15) is 0 Å². The molecule has 59 heavy (non-hydrogen) atoms. The Morgan fingerprint density at radius 1 is 0.525 bits per heavy atom. The molecular weight excluding hydrogens is 957 g/mol. The second-order valence-electron chi connectivity index (χ2n) is 15.5. The summed E-state index contributed by atoms with van der Waals surface area (Å²) in [4.78, 5) is 9.24. The van der Waals surface area contributed by atoms with Crippen LogP contribution in [0.15, 0.2) is 187 Å². The summed E-state index contributed by atoms with van der Waals surface area (Å²) >= 11 is -1.91. The fourth-order valence-electron chi connectivity index (χ4n) is 7.39. The van der Waals surface area contributed by atoms with Crippen LogP contribution in [0.1, 0.15) is 9.68 Å². The molecule has 3 nitrogen and oxygen atoms in total. The van der Waals surface area contributed by atoms with Gasteiger partial charge in [-0.1, -0.05) is 96.4 Å². The molecule has 0 aliphatic rings. The average molecular weight is 1000 g/mol. The van der Waals surface area contributed by atoms with E-state index in [0.717, 1.165) is 61.1 Å². The number of rotatable bonds is 6. The summed E-state index contributed by atoms with van der Waals surface area (Å²) in [6, 6.07) is 63.7. The van der Waals surface area contributed by atoms with Gasteiger partial charge in [-0.05, 0) is 50.9 Å². The SMILES string of the molecule is [2H]C([2H])([2H])c1c[c-]c(-c2cc[c]([Ge]([CH3])([CH3])[CH3])cn2)cc1-c1ccccc1.[Ir].[c-]1cc2oc3cc(-c4cccc5ccccc45)ccc3c2cc1-c1cc(-c2ccccc2)ccn1. The van der Waals surface area contributed by atoms with Gasteiger partial charge in [0.25, 0.3) is 0 Å². The molecule has 0 N–H and O–H groups in total. The van der Waals surface area contributed by atoms with Crippen molar-refractivity contribution in [3.8, 4) is 55.9 Å². The summed E-state index contributed by atoms with van der Waals surface area (Å²) in [5.74, 6) is 7.00. The van der Waals surface area contributed by atoms with E-state index < -0.39 is 20.1 Å². The van der Waals surface area contributed by atoms with Gasteiger partial charge in [0, 0.05) is 31.7 Å². The van der Waals surface area contributed by atoms with Crippen LogP contribution in [0.25, 0.3) is 88.6 Å². The molecule has 3 heterocycles. The average Bonchev–Trinajstić information content (AvgIpc) is 3.66. The van der Waals surface area contributed by atoms with Crippen molar-refractivity contribution in [1.29, 1.82) is 0 Å². The number of furan rings is 1. The van der Waals surface area contributed by atoms with Gasteiger partial charge in [-0.15, -0.1) is 23.8 Å². The molecule has 0 bridgehead atoms. The maximum absolute atomic E-state index is 7.84. The van der Waals surface area contributed by atoms with E-state index in [1.165, 1.54) is 26.3 Å². The van der Waals surface area contributed by atoms with Crippen molar-refractivity contribution in [2.24, 2.45) is 0 Å². The number of aromatic nitrogens is 2. The molecule has 0 aliphatic heterocycles. The van der Waals surface area contributed by atoms with Crippen LogP contribution in [-0.4, -0.2) is 23.2 Å². The molecule has 1 radical (unpaired) electrons. The first-order valence-electron chi connectivity index (χ1n) is 21.0. The number of hydrogen-bond acceptors (Lipinski definition) is 3. The zero-order chi connectivity index (χ0) is 42.1. The molecule has 289 valence electrons. The number of benzene rings is 7. The summed E-state index contributed by atoms with van der Waals surface area (Å²) in [6.07, 6.45) is 3.82. The number of aryl methyl sites for hydroxylation is 1. The second-order valence-corrected chi connectivity index (χ2v) is 26.1. The summed E-state index contributed by atoms with van der Waals surface area (Å²) < 4.78 is 31.1. The third kappa shape index (κ3) is 8.49. The smallest absolute Gasteiger partial charge is 0.121 e. The van der Waals surface area contributed by atoms with Crippen molar-refractivity contribution < 1.29 is 28.6 Å². The van der Waals surface area contributed by atoms with Crippen LogP contribution in [0.5, 0.6) is 0 Å². The Kier molecular flexibility index (Phi) is 10.5. The summed E-state index contributed by atoms with van der Waals surface area (Å²) in [5, 5.41) is 4.65. The Hall–Kier alpha value is -5.91. The molecule has 0 spiro atoms. The molecule has 0 aliphatic carbocycles. The first-order valence-corrected chi connectivity index (χ1v) is 26.8. The van der Waals surface area contributed by atoms with Crippen LogP contribution in [0.2, 0.25) is 17.3 Å². The van der Waals surface area contributed by atoms with E-state index in [1.807, 2.05) is 73.1 Å². The molecule has 3 aromatic heterocycles. The summed E-state index contributed by atoms with van der Waals surface area (Å²) in [5.41, 5.74) is 11.8. The molecule has 0 saturated heterocycles. The van der Waals surface area contributed by atoms with E-state index in [-0.39, 0.29) is 20.1 Å². The van der Waals surface area contributed by atoms with Crippen molar-refractivity contribution in [3.05, 3.63) is 200 Å². The van der Waals surface area contributed by atoms with E-state index in [0.29, 0.717) is 11.1 Å². The molecular formula is C54H42GeIrN2O-2. The Labute approximate surface area is 366 Å². The van der Waals surface area contributed by atoms with Gasteiger partial charge in [-0.25, -0.2) is 0 Å². The predicted molar refractivity (Wildman–Crippen MR) is 246 cm³/mol. The third-order valence-corrected chi connectivity index (χ3v) is 14.8. The number of hydrogen-bond donors (Lipinski definition) is 0. The van der Waals surface area contributed by atoms with Crippen molar-refractivity contribution >= 4 is 50.4 Å². The van der Waals surface area contributed by atoms with Crippen LogP contribution in [0.3, 0.4) is 0 Å². The molecule has 10 rings (SSSR count). The largest absolute Gasteiger partial charge is 0.500 e. The van der Waals surface area contributed by atoms with Crippen LogP contribution < -0.4 is 4.40 Å². The maximum Gasteiger partial charge on any atom is 0.121 e. The zero-order valence-electron chi connectivity index (χ0n) is 36.0. The van der Waals surface area contributed by atoms with Gasteiger partial charge < -0.3 is 9.40 Å². The number of pyridine rings is 2. The predicted octanol–water partition coefficient (Wildman–Crippen LogP) is 14.0. The van der Waals surface area contributed by atoms with Gasteiger partial charge in [0.05, 0.1) is 5.58 Å². The minimum Gasteiger partial charge on any atom is -0.500 e. The van der Waals surface area contributed by atoms with Crippen molar-refractivity contribution in [3.63, 3.8) is 0 Å². The van der Waals surface area contributed by atoms with Crippen LogP contribution in [-0.2, 0) is 20.1 Å². The molecule has 10 aromatic rings. The standard InChI is InChI=1S/C33H20NO.C21H22GeN.Ir/c1-2-7-22(8-3-1)24-17-18-34-31(20-24)26-14-16-32-30(19-26)29-15-13-25(21-33(29)35-32)28-12-6-10-23-9-4-5-11-27(23)28;1-16-10-11-18(14-20(16)17-8-6-5-7-9-17)21-13-12-19(15-23-21)22(2,3)4;/h1-13,15-21H;5-10,12-15H,1-4H3;/q2*-1;/i;1D3;. The molecule has 0 unspecified atom stereocenters. The minimum absolute atomic E-state index is 0. The normalized spacial score (nSPS) is 12.2. The van der Waals surface area contributed by atoms with Gasteiger partial charge in [-0.3, -0.25) is 0 Å². The van der Waals surface area contributed by atoms with Crippen molar-refractivity contribution in [2.45, 2.75) is 24.1 Å². The van der Waals surface area contributed by atoms with E-state index in [1.54, 1.807) is 6.07 Å². The fraction of sp³-hybridized carbons (Fsp3) is 0.0741.